The Bertz CT molecular complexity index is 420. The molecule has 1 aliphatic rings. The van der Waals surface area contributed by atoms with Gasteiger partial charge in [0.1, 0.15) is 11.4 Å². The molecule has 2 N–H and O–H groups in total. The predicted octanol–water partition coefficient (Wildman–Crippen LogP) is 2.17. The Kier molecular flexibility index (Phi) is 2.68. The summed E-state index contributed by atoms with van der Waals surface area (Å²) in [5.74, 6) is 0. The number of nitrogen functional groups attached to an aromatic ring is 1. The summed E-state index contributed by atoms with van der Waals surface area (Å²) in [6, 6.07) is 5.46. The first-order valence-electron chi connectivity index (χ1n) is 5.41. The second-order valence-electron chi connectivity index (χ2n) is 4.16. The molecular formula is C11H15N3O2. The van der Waals surface area contributed by atoms with E-state index in [0.29, 0.717) is 11.7 Å². The van der Waals surface area contributed by atoms with E-state index in [-0.39, 0.29) is 11.4 Å². The lowest BCUT2D eigenvalue weighted by Crippen LogP contribution is -2.27. The van der Waals surface area contributed by atoms with Crippen LogP contribution in [0, 0.1) is 10.1 Å². The van der Waals surface area contributed by atoms with Crippen LogP contribution < -0.4 is 10.6 Å². The Morgan fingerprint density at radius 3 is 2.88 bits per heavy atom. The maximum absolute atomic E-state index is 11.0. The molecule has 1 atom stereocenters. The molecular weight excluding hydrogens is 206 g/mol. The van der Waals surface area contributed by atoms with Crippen LogP contribution in [0.1, 0.15) is 19.8 Å². The maximum atomic E-state index is 11.0. The van der Waals surface area contributed by atoms with E-state index in [1.54, 1.807) is 18.2 Å². The maximum Gasteiger partial charge on any atom is 0.315 e. The summed E-state index contributed by atoms with van der Waals surface area (Å²) in [4.78, 5) is 12.7. The summed E-state index contributed by atoms with van der Waals surface area (Å²) in [5.41, 5.74) is 6.59. The molecule has 1 saturated heterocycles. The van der Waals surface area contributed by atoms with Crippen molar-refractivity contribution in [1.82, 2.24) is 0 Å². The molecule has 0 radical (unpaired) electrons. The van der Waals surface area contributed by atoms with Crippen LogP contribution in [0.3, 0.4) is 0 Å². The molecule has 2 rings (SSSR count). The quantitative estimate of drug-likeness (QED) is 0.472. The van der Waals surface area contributed by atoms with Crippen molar-refractivity contribution in [2.45, 2.75) is 25.8 Å². The molecule has 16 heavy (non-hydrogen) atoms. The van der Waals surface area contributed by atoms with Gasteiger partial charge in [-0.25, -0.2) is 0 Å². The molecule has 5 nitrogen and oxygen atoms in total. The van der Waals surface area contributed by atoms with Crippen LogP contribution in [0.2, 0.25) is 0 Å². The first-order chi connectivity index (χ1) is 7.61. The molecule has 0 aromatic heterocycles. The Balaban J connectivity index is 2.47. The molecule has 1 aliphatic heterocycles. The number of para-hydroxylation sites is 1. The van der Waals surface area contributed by atoms with E-state index in [1.807, 2.05) is 0 Å². The van der Waals surface area contributed by atoms with Gasteiger partial charge in [-0.15, -0.1) is 0 Å². The highest BCUT2D eigenvalue weighted by molar-refractivity contribution is 5.75. The van der Waals surface area contributed by atoms with Crippen LogP contribution in [-0.4, -0.2) is 17.5 Å². The Morgan fingerprint density at radius 1 is 1.56 bits per heavy atom. The number of hydrogen-bond acceptors (Lipinski definition) is 4. The highest BCUT2D eigenvalue weighted by Crippen LogP contribution is 2.37. The largest absolute Gasteiger partial charge is 0.393 e. The van der Waals surface area contributed by atoms with Gasteiger partial charge in [0.05, 0.1) is 4.92 Å². The molecule has 0 aliphatic carbocycles. The van der Waals surface area contributed by atoms with Crippen molar-refractivity contribution < 1.29 is 4.92 Å². The molecule has 5 heteroatoms. The fourth-order valence-electron chi connectivity index (χ4n) is 2.27. The van der Waals surface area contributed by atoms with Gasteiger partial charge >= 0.3 is 5.69 Å². The SMILES string of the molecule is CC1CCCN1c1cccc(N)c1[N+](=O)[O-]. The highest BCUT2D eigenvalue weighted by atomic mass is 16.6. The normalized spacial score (nSPS) is 20.1. The molecule has 1 aromatic rings. The van der Waals surface area contributed by atoms with E-state index < -0.39 is 4.92 Å². The summed E-state index contributed by atoms with van der Waals surface area (Å²) in [5, 5.41) is 11.0. The van der Waals surface area contributed by atoms with E-state index >= 15 is 0 Å². The summed E-state index contributed by atoms with van der Waals surface area (Å²) < 4.78 is 0. The van der Waals surface area contributed by atoms with E-state index in [4.69, 9.17) is 5.73 Å². The summed E-state index contributed by atoms with van der Waals surface area (Å²) in [6.07, 6.45) is 2.15. The second kappa shape index (κ2) is 4.00. The van der Waals surface area contributed by atoms with Gasteiger partial charge in [0.15, 0.2) is 0 Å². The minimum absolute atomic E-state index is 0.0382. The molecule has 86 valence electrons. The second-order valence-corrected chi connectivity index (χ2v) is 4.16. The number of rotatable bonds is 2. The number of anilines is 2. The van der Waals surface area contributed by atoms with Crippen molar-refractivity contribution in [2.24, 2.45) is 0 Å². The molecule has 1 unspecified atom stereocenters. The van der Waals surface area contributed by atoms with Crippen LogP contribution >= 0.6 is 0 Å². The molecule has 0 saturated carbocycles. The first-order valence-corrected chi connectivity index (χ1v) is 5.41. The first kappa shape index (κ1) is 10.7. The van der Waals surface area contributed by atoms with Gasteiger partial charge in [0.2, 0.25) is 0 Å². The van der Waals surface area contributed by atoms with Gasteiger partial charge in [-0.2, -0.15) is 0 Å². The zero-order chi connectivity index (χ0) is 11.7. The van der Waals surface area contributed by atoms with E-state index in [1.165, 1.54) is 0 Å². The number of hydrogen-bond donors (Lipinski definition) is 1. The van der Waals surface area contributed by atoms with Crippen molar-refractivity contribution in [3.05, 3.63) is 28.3 Å². The number of nitro benzene ring substituents is 1. The van der Waals surface area contributed by atoms with Crippen LogP contribution in [-0.2, 0) is 0 Å². The third-order valence-electron chi connectivity index (χ3n) is 3.09. The Hall–Kier alpha value is -1.78. The van der Waals surface area contributed by atoms with E-state index in [9.17, 15) is 10.1 Å². The van der Waals surface area contributed by atoms with Gasteiger partial charge in [-0.3, -0.25) is 10.1 Å². The smallest absolute Gasteiger partial charge is 0.315 e. The van der Waals surface area contributed by atoms with Crippen LogP contribution in [0.25, 0.3) is 0 Å². The van der Waals surface area contributed by atoms with Gasteiger partial charge in [0.25, 0.3) is 0 Å². The number of nitro groups is 1. The van der Waals surface area contributed by atoms with Crippen molar-refractivity contribution in [2.75, 3.05) is 17.2 Å². The zero-order valence-electron chi connectivity index (χ0n) is 9.22. The van der Waals surface area contributed by atoms with Crippen LogP contribution in [0.4, 0.5) is 17.1 Å². The molecule has 0 spiro atoms. The average Bonchev–Trinajstić information content (AvgIpc) is 2.63. The van der Waals surface area contributed by atoms with Gasteiger partial charge < -0.3 is 10.6 Å². The average molecular weight is 221 g/mol. The van der Waals surface area contributed by atoms with Gasteiger partial charge in [-0.1, -0.05) is 6.07 Å². The Morgan fingerprint density at radius 2 is 2.31 bits per heavy atom. The molecule has 0 bridgehead atoms. The summed E-state index contributed by atoms with van der Waals surface area (Å²) >= 11 is 0. The summed E-state index contributed by atoms with van der Waals surface area (Å²) in [6.45, 7) is 2.95. The molecule has 1 aromatic carbocycles. The van der Waals surface area contributed by atoms with Gasteiger partial charge in [0, 0.05) is 12.6 Å². The zero-order valence-corrected chi connectivity index (χ0v) is 9.22. The van der Waals surface area contributed by atoms with Crippen LogP contribution in [0.5, 0.6) is 0 Å². The van der Waals surface area contributed by atoms with Crippen molar-refractivity contribution in [3.63, 3.8) is 0 Å². The number of benzene rings is 1. The lowest BCUT2D eigenvalue weighted by Gasteiger charge is -2.23. The summed E-state index contributed by atoms with van der Waals surface area (Å²) in [7, 11) is 0. The minimum Gasteiger partial charge on any atom is -0.393 e. The molecule has 1 heterocycles. The van der Waals surface area contributed by atoms with E-state index in [0.717, 1.165) is 19.4 Å². The molecule has 0 amide bonds. The lowest BCUT2D eigenvalue weighted by atomic mass is 10.2. The topological polar surface area (TPSA) is 72.4 Å². The van der Waals surface area contributed by atoms with Gasteiger partial charge in [-0.05, 0) is 31.9 Å². The third kappa shape index (κ3) is 1.68. The standard InChI is InChI=1S/C11H15N3O2/c1-8-4-3-7-13(8)10-6-2-5-9(12)11(10)14(15)16/h2,5-6,8H,3-4,7,12H2,1H3. The Labute approximate surface area is 94.0 Å². The molecule has 1 fully saturated rings. The van der Waals surface area contributed by atoms with Crippen molar-refractivity contribution >= 4 is 17.1 Å². The highest BCUT2D eigenvalue weighted by Gasteiger charge is 2.28. The monoisotopic (exact) mass is 221 g/mol. The minimum atomic E-state index is -0.393. The van der Waals surface area contributed by atoms with Crippen LogP contribution in [0.15, 0.2) is 18.2 Å². The fourth-order valence-corrected chi connectivity index (χ4v) is 2.27. The third-order valence-corrected chi connectivity index (χ3v) is 3.09. The predicted molar refractivity (Wildman–Crippen MR) is 63.6 cm³/mol. The number of nitrogens with zero attached hydrogens (tertiary/aromatic N) is 2. The number of nitrogens with two attached hydrogens (primary N) is 1. The van der Waals surface area contributed by atoms with Crippen molar-refractivity contribution in [3.8, 4) is 0 Å². The van der Waals surface area contributed by atoms with E-state index in [2.05, 4.69) is 11.8 Å². The fraction of sp³-hybridized carbons (Fsp3) is 0.455. The lowest BCUT2D eigenvalue weighted by molar-refractivity contribution is -0.383. The van der Waals surface area contributed by atoms with Crippen molar-refractivity contribution in [1.29, 1.82) is 0 Å².